The molecular formula is C24H42N6Sr. The second kappa shape index (κ2) is 21.1. The van der Waals surface area contributed by atoms with Crippen LogP contribution < -0.4 is 10.6 Å². The van der Waals surface area contributed by atoms with Crippen molar-refractivity contribution in [3.05, 3.63) is 24.3 Å². The van der Waals surface area contributed by atoms with E-state index >= 15 is 0 Å². The predicted octanol–water partition coefficient (Wildman–Crippen LogP) is 4.71. The number of aliphatic imine (C=N–C) groups is 4. The average molecular weight is 502 g/mol. The van der Waals surface area contributed by atoms with Gasteiger partial charge in [0.05, 0.1) is 0 Å². The molecule has 2 aliphatic rings. The van der Waals surface area contributed by atoms with Gasteiger partial charge in [-0.25, -0.2) is 0 Å². The molecule has 0 atom stereocenters. The molecule has 0 unspecified atom stereocenters. The molecule has 7 heteroatoms. The molecule has 170 valence electrons. The smallest absolute Gasteiger partial charge is 0.126 e. The topological polar surface area (TPSA) is 73.5 Å². The zero-order chi connectivity index (χ0) is 21.9. The summed E-state index contributed by atoms with van der Waals surface area (Å²) in [4.78, 5) is 17.7. The molecule has 0 fully saturated rings. The zero-order valence-electron chi connectivity index (χ0n) is 20.3. The van der Waals surface area contributed by atoms with Gasteiger partial charge < -0.3 is 10.6 Å². The van der Waals surface area contributed by atoms with Gasteiger partial charge in [-0.05, 0) is 50.0 Å². The fourth-order valence-electron chi connectivity index (χ4n) is 2.54. The molecule has 0 saturated heterocycles. The Bertz CT molecular complexity index is 538. The van der Waals surface area contributed by atoms with Crippen LogP contribution in [0.2, 0.25) is 0 Å². The minimum Gasteiger partial charge on any atom is -0.326 e. The Morgan fingerprint density at radius 1 is 0.484 bits per heavy atom. The molecule has 0 amide bonds. The first-order chi connectivity index (χ1) is 14.7. The molecule has 0 bridgehead atoms. The molecule has 0 aromatic carbocycles. The Morgan fingerprint density at radius 2 is 0.710 bits per heavy atom. The number of hydrogen-bond donors (Lipinski definition) is 2. The molecule has 6 nitrogen and oxygen atoms in total. The van der Waals surface area contributed by atoms with Crippen molar-refractivity contribution in [2.24, 2.45) is 20.0 Å². The number of nitrogens with one attached hydrogen (secondary N) is 2. The summed E-state index contributed by atoms with van der Waals surface area (Å²) in [7, 11) is 0. The first kappa shape index (κ1) is 30.2. The standard InChI is InChI=1S/2C12H21N3.Sr/c2*1-3-5-9-13-11-7-8-12(15-11)14-10-6-4-2;/h2*7-8H,3-6,9-10H2,1-2H3,(H,13,14,15);. The van der Waals surface area contributed by atoms with Crippen LogP contribution in [0.25, 0.3) is 0 Å². The van der Waals surface area contributed by atoms with Crippen LogP contribution in [0.4, 0.5) is 0 Å². The largest absolute Gasteiger partial charge is 0.326 e. The van der Waals surface area contributed by atoms with Gasteiger partial charge in [0.15, 0.2) is 0 Å². The van der Waals surface area contributed by atoms with E-state index in [9.17, 15) is 0 Å². The summed E-state index contributed by atoms with van der Waals surface area (Å²) in [5.41, 5.74) is 0. The first-order valence-electron chi connectivity index (χ1n) is 11.8. The van der Waals surface area contributed by atoms with Crippen molar-refractivity contribution in [2.75, 3.05) is 26.2 Å². The molecule has 2 rings (SSSR count). The van der Waals surface area contributed by atoms with E-state index in [1.54, 1.807) is 0 Å². The van der Waals surface area contributed by atoms with Gasteiger partial charge in [0, 0.05) is 71.7 Å². The van der Waals surface area contributed by atoms with Crippen molar-refractivity contribution < 1.29 is 0 Å². The molecule has 0 aromatic rings. The van der Waals surface area contributed by atoms with Crippen molar-refractivity contribution >= 4 is 68.8 Å². The summed E-state index contributed by atoms with van der Waals surface area (Å²) in [6.07, 6.45) is 17.4. The fraction of sp³-hybridized carbons (Fsp3) is 0.667. The average Bonchev–Trinajstić information content (AvgIpc) is 3.39. The van der Waals surface area contributed by atoms with Crippen LogP contribution in [-0.2, 0) is 0 Å². The Morgan fingerprint density at radius 3 is 0.903 bits per heavy atom. The second-order valence-corrected chi connectivity index (χ2v) is 7.40. The summed E-state index contributed by atoms with van der Waals surface area (Å²) < 4.78 is 0. The maximum atomic E-state index is 4.43. The van der Waals surface area contributed by atoms with Crippen LogP contribution in [0, 0.1) is 0 Å². The maximum absolute atomic E-state index is 4.43. The molecule has 2 N–H and O–H groups in total. The number of hydrogen-bond acceptors (Lipinski definition) is 4. The molecule has 0 saturated carbocycles. The minimum absolute atomic E-state index is 0. The van der Waals surface area contributed by atoms with E-state index in [0.29, 0.717) is 0 Å². The van der Waals surface area contributed by atoms with Gasteiger partial charge in [-0.1, -0.05) is 53.4 Å². The molecule has 0 aliphatic carbocycles. The number of amidine groups is 4. The SMILES string of the molecule is CCCCN=C1C=CC(=NCCCC)N1.CCCCN=C1C=CC(=NCCCC)N1.[Sr]. The molecule has 31 heavy (non-hydrogen) atoms. The van der Waals surface area contributed by atoms with Crippen LogP contribution in [0.15, 0.2) is 44.3 Å². The molecule has 0 spiro atoms. The van der Waals surface area contributed by atoms with E-state index in [1.165, 1.54) is 25.7 Å². The third-order valence-electron chi connectivity index (χ3n) is 4.49. The second-order valence-electron chi connectivity index (χ2n) is 7.40. The monoisotopic (exact) mass is 502 g/mol. The number of rotatable bonds is 12. The van der Waals surface area contributed by atoms with Crippen LogP contribution in [0.5, 0.6) is 0 Å². The van der Waals surface area contributed by atoms with E-state index in [4.69, 9.17) is 0 Å². The van der Waals surface area contributed by atoms with E-state index in [-0.39, 0.29) is 45.5 Å². The van der Waals surface area contributed by atoms with Gasteiger partial charge in [0.1, 0.15) is 23.3 Å². The zero-order valence-corrected chi connectivity index (χ0v) is 23.8. The third-order valence-corrected chi connectivity index (χ3v) is 4.49. The van der Waals surface area contributed by atoms with Crippen molar-refractivity contribution in [3.63, 3.8) is 0 Å². The summed E-state index contributed by atoms with van der Waals surface area (Å²) in [6.45, 7) is 12.3. The van der Waals surface area contributed by atoms with Crippen molar-refractivity contribution in [3.8, 4) is 0 Å². The summed E-state index contributed by atoms with van der Waals surface area (Å²) in [5, 5.41) is 6.40. The fourth-order valence-corrected chi connectivity index (χ4v) is 2.54. The van der Waals surface area contributed by atoms with Crippen molar-refractivity contribution in [1.82, 2.24) is 10.6 Å². The molecule has 2 heterocycles. The summed E-state index contributed by atoms with van der Waals surface area (Å²) >= 11 is 0. The van der Waals surface area contributed by atoms with E-state index < -0.39 is 0 Å². The minimum atomic E-state index is 0. The molecule has 2 aliphatic heterocycles. The third kappa shape index (κ3) is 15.6. The van der Waals surface area contributed by atoms with E-state index in [0.717, 1.165) is 75.2 Å². The first-order valence-corrected chi connectivity index (χ1v) is 11.8. The number of unbranched alkanes of at least 4 members (excludes halogenated alkanes) is 4. The van der Waals surface area contributed by atoms with Gasteiger partial charge in [0.2, 0.25) is 0 Å². The van der Waals surface area contributed by atoms with Gasteiger partial charge in [-0.3, -0.25) is 20.0 Å². The van der Waals surface area contributed by atoms with E-state index in [1.807, 2.05) is 24.3 Å². The summed E-state index contributed by atoms with van der Waals surface area (Å²) in [5.74, 6) is 3.83. The van der Waals surface area contributed by atoms with Crippen molar-refractivity contribution in [2.45, 2.75) is 79.1 Å². The van der Waals surface area contributed by atoms with Gasteiger partial charge >= 0.3 is 0 Å². The molecule has 0 aromatic heterocycles. The Labute approximate surface area is 227 Å². The Balaban J connectivity index is 0.000000562. The number of nitrogens with zero attached hydrogens (tertiary/aromatic N) is 4. The Kier molecular flexibility index (Phi) is 20.6. The normalized spacial score (nSPS) is 19.5. The van der Waals surface area contributed by atoms with Crippen LogP contribution in [-0.4, -0.2) is 95.0 Å². The predicted molar refractivity (Wildman–Crippen MR) is 139 cm³/mol. The van der Waals surface area contributed by atoms with E-state index in [2.05, 4.69) is 58.3 Å². The molecular weight excluding hydrogens is 460 g/mol. The van der Waals surface area contributed by atoms with Crippen LogP contribution in [0.1, 0.15) is 79.1 Å². The maximum Gasteiger partial charge on any atom is 0.126 e. The van der Waals surface area contributed by atoms with Crippen LogP contribution >= 0.6 is 0 Å². The summed E-state index contributed by atoms with van der Waals surface area (Å²) in [6, 6.07) is 0. The molecule has 2 radical (unpaired) electrons. The van der Waals surface area contributed by atoms with Gasteiger partial charge in [-0.15, -0.1) is 0 Å². The van der Waals surface area contributed by atoms with Gasteiger partial charge in [0.25, 0.3) is 0 Å². The quantitative estimate of drug-likeness (QED) is 0.300. The van der Waals surface area contributed by atoms with Crippen molar-refractivity contribution in [1.29, 1.82) is 0 Å². The van der Waals surface area contributed by atoms with Crippen LogP contribution in [0.3, 0.4) is 0 Å². The Hall–Kier alpha value is -0.759. The van der Waals surface area contributed by atoms with Gasteiger partial charge in [-0.2, -0.15) is 0 Å².